The Morgan fingerprint density at radius 3 is 2.86 bits per heavy atom. The Kier molecular flexibility index (Phi) is 4.31. The number of thiazole rings is 1. The second-order valence-corrected chi connectivity index (χ2v) is 6.71. The van der Waals surface area contributed by atoms with Crippen molar-refractivity contribution in [3.63, 3.8) is 0 Å². The molecule has 118 valence electrons. The first kappa shape index (κ1) is 15.2. The summed E-state index contributed by atoms with van der Waals surface area (Å²) in [6.45, 7) is 3.68. The van der Waals surface area contributed by atoms with E-state index >= 15 is 0 Å². The minimum Gasteiger partial charge on any atom is -0.472 e. The fourth-order valence-corrected chi connectivity index (χ4v) is 3.64. The topological polar surface area (TPSA) is 66.6 Å². The number of aliphatic hydroxyl groups excluding tert-OH is 1. The maximum absolute atomic E-state index is 12.6. The van der Waals surface area contributed by atoms with Crippen molar-refractivity contribution in [1.82, 2.24) is 9.88 Å². The van der Waals surface area contributed by atoms with Gasteiger partial charge >= 0.3 is 0 Å². The first-order chi connectivity index (χ1) is 10.7. The molecule has 5 nitrogen and oxygen atoms in total. The maximum Gasteiger partial charge on any atom is 0.273 e. The van der Waals surface area contributed by atoms with Gasteiger partial charge in [-0.1, -0.05) is 6.92 Å². The van der Waals surface area contributed by atoms with Crippen molar-refractivity contribution in [2.24, 2.45) is 5.41 Å². The van der Waals surface area contributed by atoms with E-state index in [-0.39, 0.29) is 17.9 Å². The monoisotopic (exact) mass is 320 g/mol. The van der Waals surface area contributed by atoms with E-state index in [0.29, 0.717) is 18.8 Å². The fourth-order valence-electron chi connectivity index (χ4n) is 2.86. The second-order valence-electron chi connectivity index (χ2n) is 5.85. The summed E-state index contributed by atoms with van der Waals surface area (Å²) in [6, 6.07) is 1.84. The van der Waals surface area contributed by atoms with Crippen molar-refractivity contribution in [2.45, 2.75) is 26.2 Å². The highest BCUT2D eigenvalue weighted by molar-refractivity contribution is 7.13. The van der Waals surface area contributed by atoms with Gasteiger partial charge in [0.25, 0.3) is 5.91 Å². The average Bonchev–Trinajstić information content (AvgIpc) is 3.25. The van der Waals surface area contributed by atoms with Crippen molar-refractivity contribution in [3.05, 3.63) is 29.7 Å². The first-order valence-electron chi connectivity index (χ1n) is 7.56. The van der Waals surface area contributed by atoms with Crippen LogP contribution in [-0.4, -0.2) is 40.6 Å². The second kappa shape index (κ2) is 6.22. The van der Waals surface area contributed by atoms with Gasteiger partial charge in [-0.3, -0.25) is 4.79 Å². The van der Waals surface area contributed by atoms with Crippen LogP contribution in [0.15, 0.2) is 28.4 Å². The number of hydrogen-bond donors (Lipinski definition) is 1. The molecular weight excluding hydrogens is 300 g/mol. The summed E-state index contributed by atoms with van der Waals surface area (Å²) in [5, 5.41) is 12.2. The average molecular weight is 320 g/mol. The zero-order chi connectivity index (χ0) is 15.6. The molecule has 6 heteroatoms. The summed E-state index contributed by atoms with van der Waals surface area (Å²) in [4.78, 5) is 18.8. The van der Waals surface area contributed by atoms with Crippen LogP contribution in [-0.2, 0) is 0 Å². The molecule has 2 aromatic rings. The van der Waals surface area contributed by atoms with Gasteiger partial charge in [0.05, 0.1) is 6.26 Å². The van der Waals surface area contributed by atoms with Crippen LogP contribution in [0.2, 0.25) is 0 Å². The van der Waals surface area contributed by atoms with E-state index in [9.17, 15) is 9.90 Å². The molecule has 2 aromatic heterocycles. The normalized spacial score (nSPS) is 17.6. The van der Waals surface area contributed by atoms with Gasteiger partial charge in [-0.05, 0) is 30.7 Å². The first-order valence-corrected chi connectivity index (χ1v) is 8.44. The smallest absolute Gasteiger partial charge is 0.273 e. The summed E-state index contributed by atoms with van der Waals surface area (Å²) in [7, 11) is 0. The molecule has 3 heterocycles. The minimum atomic E-state index is -0.0198. The van der Waals surface area contributed by atoms with Crippen molar-refractivity contribution in [1.29, 1.82) is 0 Å². The van der Waals surface area contributed by atoms with Crippen LogP contribution >= 0.6 is 11.3 Å². The molecule has 1 fully saturated rings. The molecule has 1 aliphatic rings. The number of furan rings is 1. The fraction of sp³-hybridized carbons (Fsp3) is 0.500. The Labute approximate surface area is 133 Å². The van der Waals surface area contributed by atoms with Crippen molar-refractivity contribution in [2.75, 3.05) is 19.7 Å². The molecule has 22 heavy (non-hydrogen) atoms. The summed E-state index contributed by atoms with van der Waals surface area (Å²) in [5.41, 5.74) is 1.38. The van der Waals surface area contributed by atoms with Crippen molar-refractivity contribution < 1.29 is 14.3 Å². The predicted molar refractivity (Wildman–Crippen MR) is 84.8 cm³/mol. The van der Waals surface area contributed by atoms with Gasteiger partial charge in [0, 0.05) is 30.6 Å². The highest BCUT2D eigenvalue weighted by Gasteiger charge is 2.34. The lowest BCUT2D eigenvalue weighted by atomic mass is 9.77. The zero-order valence-corrected chi connectivity index (χ0v) is 13.4. The van der Waals surface area contributed by atoms with Crippen LogP contribution in [0.25, 0.3) is 10.6 Å². The summed E-state index contributed by atoms with van der Waals surface area (Å²) in [5.74, 6) is -0.0198. The van der Waals surface area contributed by atoms with Gasteiger partial charge in [0.15, 0.2) is 0 Å². The SMILES string of the molecule is CCC1(CO)CCN(C(=O)c2csc(-c3ccoc3)n2)CC1. The van der Waals surface area contributed by atoms with E-state index in [1.807, 2.05) is 11.0 Å². The number of amides is 1. The molecule has 1 aliphatic heterocycles. The van der Waals surface area contributed by atoms with Crippen molar-refractivity contribution >= 4 is 17.2 Å². The molecular formula is C16H20N2O3S. The number of piperidine rings is 1. The van der Waals surface area contributed by atoms with Crippen LogP contribution in [0.4, 0.5) is 0 Å². The summed E-state index contributed by atoms with van der Waals surface area (Å²) >= 11 is 1.45. The minimum absolute atomic E-state index is 0.0131. The summed E-state index contributed by atoms with van der Waals surface area (Å²) in [6.07, 6.45) is 5.88. The van der Waals surface area contributed by atoms with Crippen LogP contribution in [0.1, 0.15) is 36.7 Å². The van der Waals surface area contributed by atoms with E-state index in [4.69, 9.17) is 4.42 Å². The molecule has 1 saturated heterocycles. The van der Waals surface area contributed by atoms with Gasteiger partial charge < -0.3 is 14.4 Å². The lowest BCUT2D eigenvalue weighted by molar-refractivity contribution is 0.0335. The van der Waals surface area contributed by atoms with Crippen LogP contribution in [0.5, 0.6) is 0 Å². The predicted octanol–water partition coefficient (Wildman–Crippen LogP) is 3.03. The van der Waals surface area contributed by atoms with Gasteiger partial charge in [-0.2, -0.15) is 0 Å². The van der Waals surface area contributed by atoms with E-state index < -0.39 is 0 Å². The van der Waals surface area contributed by atoms with E-state index in [2.05, 4.69) is 11.9 Å². The zero-order valence-electron chi connectivity index (χ0n) is 12.6. The lowest BCUT2D eigenvalue weighted by Gasteiger charge is -2.40. The third-order valence-corrected chi connectivity index (χ3v) is 5.58. The van der Waals surface area contributed by atoms with Gasteiger partial charge in [0.2, 0.25) is 0 Å². The van der Waals surface area contributed by atoms with Crippen LogP contribution in [0, 0.1) is 5.41 Å². The molecule has 0 atom stereocenters. The van der Waals surface area contributed by atoms with Gasteiger partial charge in [-0.25, -0.2) is 4.98 Å². The molecule has 1 amide bonds. The molecule has 0 spiro atoms. The number of rotatable bonds is 4. The number of carbonyl (C=O) groups excluding carboxylic acids is 1. The van der Waals surface area contributed by atoms with Crippen molar-refractivity contribution in [3.8, 4) is 10.6 Å². The molecule has 0 radical (unpaired) electrons. The highest BCUT2D eigenvalue weighted by Crippen LogP contribution is 2.34. The molecule has 0 bridgehead atoms. The largest absolute Gasteiger partial charge is 0.472 e. The molecule has 3 rings (SSSR count). The molecule has 0 unspecified atom stereocenters. The summed E-state index contributed by atoms with van der Waals surface area (Å²) < 4.78 is 5.05. The maximum atomic E-state index is 12.6. The Balaban J connectivity index is 1.68. The Morgan fingerprint density at radius 1 is 1.50 bits per heavy atom. The Bertz CT molecular complexity index is 622. The van der Waals surface area contributed by atoms with E-state index in [1.54, 1.807) is 17.9 Å². The van der Waals surface area contributed by atoms with Gasteiger partial charge in [-0.15, -0.1) is 11.3 Å². The molecule has 1 N–H and O–H groups in total. The lowest BCUT2D eigenvalue weighted by Crippen LogP contribution is -2.44. The van der Waals surface area contributed by atoms with Gasteiger partial charge in [0.1, 0.15) is 17.0 Å². The highest BCUT2D eigenvalue weighted by atomic mass is 32.1. The quantitative estimate of drug-likeness (QED) is 0.940. The molecule has 0 aliphatic carbocycles. The standard InChI is InChI=1S/C16H20N2O3S/c1-2-16(11-19)4-6-18(7-5-16)15(20)13-10-22-14(17-13)12-3-8-21-9-12/h3,8-10,19H,2,4-7,11H2,1H3. The third-order valence-electron chi connectivity index (χ3n) is 4.69. The number of carbonyl (C=O) groups is 1. The number of likely N-dealkylation sites (tertiary alicyclic amines) is 1. The van der Waals surface area contributed by atoms with E-state index in [0.717, 1.165) is 29.8 Å². The Hall–Kier alpha value is -1.66. The number of hydrogen-bond acceptors (Lipinski definition) is 5. The van der Waals surface area contributed by atoms with Crippen LogP contribution in [0.3, 0.4) is 0 Å². The molecule has 0 aromatic carbocycles. The number of aliphatic hydroxyl groups is 1. The van der Waals surface area contributed by atoms with Crippen LogP contribution < -0.4 is 0 Å². The molecule has 0 saturated carbocycles. The number of aromatic nitrogens is 1. The van der Waals surface area contributed by atoms with E-state index in [1.165, 1.54) is 11.3 Å². The Morgan fingerprint density at radius 2 is 2.27 bits per heavy atom. The third kappa shape index (κ3) is 2.80. The number of nitrogens with zero attached hydrogens (tertiary/aromatic N) is 2.